The molecule has 3 heteroatoms. The minimum Gasteiger partial charge on any atom is -0.481 e. The van der Waals surface area contributed by atoms with Gasteiger partial charge in [-0.1, -0.05) is 37.3 Å². The highest BCUT2D eigenvalue weighted by molar-refractivity contribution is 5.81. The van der Waals surface area contributed by atoms with E-state index < -0.39 is 6.10 Å². The first kappa shape index (κ1) is 18.5. The molecular formula is C23H29NO2. The monoisotopic (exact) mass is 351 g/mol. The Hall–Kier alpha value is -2.29. The zero-order chi connectivity index (χ0) is 18.5. The molecule has 2 aromatic rings. The van der Waals surface area contributed by atoms with Crippen molar-refractivity contribution in [3.63, 3.8) is 0 Å². The molecule has 0 saturated carbocycles. The van der Waals surface area contributed by atoms with Crippen molar-refractivity contribution in [1.82, 2.24) is 5.32 Å². The first-order valence-corrected chi connectivity index (χ1v) is 9.74. The van der Waals surface area contributed by atoms with Gasteiger partial charge in [0.15, 0.2) is 6.10 Å². The van der Waals surface area contributed by atoms with E-state index in [0.717, 1.165) is 30.6 Å². The van der Waals surface area contributed by atoms with Crippen molar-refractivity contribution in [3.05, 3.63) is 64.7 Å². The van der Waals surface area contributed by atoms with E-state index in [1.54, 1.807) is 0 Å². The highest BCUT2D eigenvalue weighted by Gasteiger charge is 2.18. The molecule has 0 unspecified atom stereocenters. The predicted octanol–water partition coefficient (Wildman–Crippen LogP) is 4.77. The van der Waals surface area contributed by atoms with Gasteiger partial charge in [0.05, 0.1) is 6.04 Å². The van der Waals surface area contributed by atoms with E-state index in [4.69, 9.17) is 4.74 Å². The number of aryl methyl sites for hydroxylation is 3. The zero-order valence-electron chi connectivity index (χ0n) is 16.0. The molecular weight excluding hydrogens is 322 g/mol. The fourth-order valence-electron chi connectivity index (χ4n) is 3.50. The molecule has 2 aromatic carbocycles. The minimum atomic E-state index is -0.519. The number of fused-ring (bicyclic) bond motifs is 1. The molecule has 2 atom stereocenters. The molecule has 0 radical (unpaired) electrons. The second-order valence-corrected chi connectivity index (χ2v) is 7.22. The van der Waals surface area contributed by atoms with Gasteiger partial charge in [-0.15, -0.1) is 0 Å². The van der Waals surface area contributed by atoms with Crippen molar-refractivity contribution in [2.75, 3.05) is 0 Å². The highest BCUT2D eigenvalue weighted by Crippen LogP contribution is 2.26. The van der Waals surface area contributed by atoms with E-state index in [9.17, 15) is 4.79 Å². The third kappa shape index (κ3) is 4.46. The Morgan fingerprint density at radius 3 is 2.42 bits per heavy atom. The van der Waals surface area contributed by atoms with Crippen molar-refractivity contribution >= 4 is 5.91 Å². The number of nitrogens with one attached hydrogen (secondary N) is 1. The van der Waals surface area contributed by atoms with Crippen molar-refractivity contribution in [3.8, 4) is 5.75 Å². The van der Waals surface area contributed by atoms with Crippen LogP contribution in [0.3, 0.4) is 0 Å². The molecule has 0 aliphatic heterocycles. The second-order valence-electron chi connectivity index (χ2n) is 7.22. The molecule has 0 aromatic heterocycles. The maximum absolute atomic E-state index is 12.5. The van der Waals surface area contributed by atoms with Gasteiger partial charge in [-0.3, -0.25) is 4.79 Å². The Bertz CT molecular complexity index is 751. The van der Waals surface area contributed by atoms with E-state index in [2.05, 4.69) is 48.6 Å². The summed E-state index contributed by atoms with van der Waals surface area (Å²) in [4.78, 5) is 12.5. The van der Waals surface area contributed by atoms with Crippen LogP contribution in [-0.2, 0) is 24.1 Å². The quantitative estimate of drug-likeness (QED) is 0.814. The first-order valence-electron chi connectivity index (χ1n) is 9.74. The van der Waals surface area contributed by atoms with Gasteiger partial charge >= 0.3 is 0 Å². The normalized spacial score (nSPS) is 15.7. The average Bonchev–Trinajstić information content (AvgIpc) is 2.67. The summed E-state index contributed by atoms with van der Waals surface area (Å²) in [5, 5.41) is 3.05. The molecule has 1 N–H and O–H groups in total. The van der Waals surface area contributed by atoms with E-state index >= 15 is 0 Å². The van der Waals surface area contributed by atoms with E-state index in [1.807, 2.05) is 19.9 Å². The number of hydrogen-bond acceptors (Lipinski definition) is 2. The summed E-state index contributed by atoms with van der Waals surface area (Å²) >= 11 is 0. The Balaban J connectivity index is 1.58. The van der Waals surface area contributed by atoms with Gasteiger partial charge in [0.1, 0.15) is 5.75 Å². The highest BCUT2D eigenvalue weighted by atomic mass is 16.5. The molecule has 1 aliphatic rings. The molecule has 0 fully saturated rings. The van der Waals surface area contributed by atoms with Crippen LogP contribution in [-0.4, -0.2) is 12.0 Å². The fourth-order valence-corrected chi connectivity index (χ4v) is 3.50. The van der Waals surface area contributed by atoms with Crippen LogP contribution < -0.4 is 10.1 Å². The number of hydrogen-bond donors (Lipinski definition) is 1. The van der Waals surface area contributed by atoms with Gasteiger partial charge in [-0.05, 0) is 80.3 Å². The number of carbonyl (C=O) groups excluding carboxylic acids is 1. The van der Waals surface area contributed by atoms with Crippen molar-refractivity contribution in [2.45, 2.75) is 65.0 Å². The molecule has 0 spiro atoms. The van der Waals surface area contributed by atoms with Crippen LogP contribution in [0.5, 0.6) is 5.75 Å². The molecule has 3 rings (SSSR count). The number of ether oxygens (including phenoxy) is 1. The zero-order valence-corrected chi connectivity index (χ0v) is 16.0. The minimum absolute atomic E-state index is 0.0389. The standard InChI is InChI=1S/C23H29NO2/c1-4-18-9-11-19(12-10-18)16(2)24-23(25)17(3)26-22-14-13-20-7-5-6-8-21(20)15-22/h9-17H,4-8H2,1-3H3,(H,24,25)/t16-,17+/m1/s1. The van der Waals surface area contributed by atoms with Crippen LogP contribution in [0, 0.1) is 0 Å². The first-order chi connectivity index (χ1) is 12.6. The summed E-state index contributed by atoms with van der Waals surface area (Å²) in [6.45, 7) is 5.95. The summed E-state index contributed by atoms with van der Waals surface area (Å²) < 4.78 is 5.90. The summed E-state index contributed by atoms with van der Waals surface area (Å²) in [7, 11) is 0. The summed E-state index contributed by atoms with van der Waals surface area (Å²) in [6.07, 6.45) is 5.27. The maximum Gasteiger partial charge on any atom is 0.261 e. The van der Waals surface area contributed by atoms with Gasteiger partial charge in [0.2, 0.25) is 0 Å². The third-order valence-electron chi connectivity index (χ3n) is 5.25. The van der Waals surface area contributed by atoms with Crippen molar-refractivity contribution < 1.29 is 9.53 Å². The van der Waals surface area contributed by atoms with Crippen LogP contribution in [0.1, 0.15) is 61.9 Å². The lowest BCUT2D eigenvalue weighted by atomic mass is 9.92. The number of rotatable bonds is 6. The molecule has 1 aliphatic carbocycles. The van der Waals surface area contributed by atoms with Crippen molar-refractivity contribution in [1.29, 1.82) is 0 Å². The average molecular weight is 351 g/mol. The molecule has 0 bridgehead atoms. The van der Waals surface area contributed by atoms with Crippen LogP contribution in [0.2, 0.25) is 0 Å². The van der Waals surface area contributed by atoms with E-state index in [1.165, 1.54) is 29.5 Å². The molecule has 3 nitrogen and oxygen atoms in total. The summed E-state index contributed by atoms with van der Waals surface area (Å²) in [6, 6.07) is 14.6. The maximum atomic E-state index is 12.5. The molecule has 1 amide bonds. The molecule has 26 heavy (non-hydrogen) atoms. The van der Waals surface area contributed by atoms with Gasteiger partial charge in [-0.2, -0.15) is 0 Å². The third-order valence-corrected chi connectivity index (χ3v) is 5.25. The second kappa shape index (κ2) is 8.39. The van der Waals surface area contributed by atoms with Gasteiger partial charge in [0.25, 0.3) is 5.91 Å². The molecule has 138 valence electrons. The Kier molecular flexibility index (Phi) is 5.97. The number of amides is 1. The van der Waals surface area contributed by atoms with E-state index in [-0.39, 0.29) is 11.9 Å². The van der Waals surface area contributed by atoms with Crippen LogP contribution >= 0.6 is 0 Å². The molecule has 0 saturated heterocycles. The van der Waals surface area contributed by atoms with Gasteiger partial charge in [-0.25, -0.2) is 0 Å². The fraction of sp³-hybridized carbons (Fsp3) is 0.435. The van der Waals surface area contributed by atoms with Crippen LogP contribution in [0.25, 0.3) is 0 Å². The SMILES string of the molecule is CCc1ccc([C@@H](C)NC(=O)[C@H](C)Oc2ccc3c(c2)CCCC3)cc1. The lowest BCUT2D eigenvalue weighted by Crippen LogP contribution is -2.37. The number of carbonyl (C=O) groups is 1. The Labute approximate surface area is 156 Å². The topological polar surface area (TPSA) is 38.3 Å². The van der Waals surface area contributed by atoms with Gasteiger partial charge < -0.3 is 10.1 Å². The Morgan fingerprint density at radius 2 is 1.73 bits per heavy atom. The molecule has 0 heterocycles. The summed E-state index contributed by atoms with van der Waals surface area (Å²) in [5.74, 6) is 0.697. The van der Waals surface area contributed by atoms with Gasteiger partial charge in [0, 0.05) is 0 Å². The van der Waals surface area contributed by atoms with E-state index in [0.29, 0.717) is 0 Å². The largest absolute Gasteiger partial charge is 0.481 e. The lowest BCUT2D eigenvalue weighted by molar-refractivity contribution is -0.127. The lowest BCUT2D eigenvalue weighted by Gasteiger charge is -2.21. The smallest absolute Gasteiger partial charge is 0.261 e. The van der Waals surface area contributed by atoms with Crippen LogP contribution in [0.4, 0.5) is 0 Å². The predicted molar refractivity (Wildman–Crippen MR) is 106 cm³/mol. The Morgan fingerprint density at radius 1 is 1.04 bits per heavy atom. The van der Waals surface area contributed by atoms with Crippen molar-refractivity contribution in [2.24, 2.45) is 0 Å². The number of benzene rings is 2. The summed E-state index contributed by atoms with van der Waals surface area (Å²) in [5.41, 5.74) is 5.20. The van der Waals surface area contributed by atoms with Crippen LogP contribution in [0.15, 0.2) is 42.5 Å².